The maximum Gasteiger partial charge on any atom is 0.191 e. The zero-order chi connectivity index (χ0) is 20.5. The minimum Gasteiger partial charge on any atom is -0.493 e. The highest BCUT2D eigenvalue weighted by molar-refractivity contribution is 7.99. The van der Waals surface area contributed by atoms with E-state index in [2.05, 4.69) is 38.4 Å². The lowest BCUT2D eigenvalue weighted by Crippen LogP contribution is -2.57. The van der Waals surface area contributed by atoms with Crippen LogP contribution in [0.25, 0.3) is 0 Å². The summed E-state index contributed by atoms with van der Waals surface area (Å²) in [5, 5.41) is 7.09. The van der Waals surface area contributed by atoms with E-state index >= 15 is 0 Å². The smallest absolute Gasteiger partial charge is 0.191 e. The van der Waals surface area contributed by atoms with Gasteiger partial charge >= 0.3 is 0 Å². The molecule has 6 nitrogen and oxygen atoms in total. The van der Waals surface area contributed by atoms with Gasteiger partial charge in [-0.15, -0.1) is 0 Å². The summed E-state index contributed by atoms with van der Waals surface area (Å²) in [5.74, 6) is 4.96. The zero-order valence-corrected chi connectivity index (χ0v) is 18.9. The Balaban J connectivity index is 1.50. The minimum absolute atomic E-state index is 0.307. The van der Waals surface area contributed by atoms with Gasteiger partial charge in [-0.1, -0.05) is 18.9 Å². The van der Waals surface area contributed by atoms with Crippen molar-refractivity contribution in [3.63, 3.8) is 0 Å². The molecule has 1 aromatic rings. The largest absolute Gasteiger partial charge is 0.493 e. The Kier molecular flexibility index (Phi) is 8.36. The third kappa shape index (κ3) is 5.72. The van der Waals surface area contributed by atoms with Crippen molar-refractivity contribution in [3.8, 4) is 11.5 Å². The Bertz CT molecular complexity index is 671. The zero-order valence-electron chi connectivity index (χ0n) is 18.1. The van der Waals surface area contributed by atoms with Crippen molar-refractivity contribution in [1.29, 1.82) is 0 Å². The number of methoxy groups -OCH3 is 2. The molecule has 0 amide bonds. The number of nitrogens with one attached hydrogen (secondary N) is 2. The molecule has 1 heterocycles. The quantitative estimate of drug-likeness (QED) is 0.498. The fraction of sp³-hybridized carbons (Fsp3) is 0.682. The molecule has 1 aliphatic carbocycles. The van der Waals surface area contributed by atoms with Gasteiger partial charge in [-0.3, -0.25) is 9.89 Å². The first-order valence-corrected chi connectivity index (χ1v) is 11.8. The van der Waals surface area contributed by atoms with Crippen LogP contribution in [0.5, 0.6) is 11.5 Å². The van der Waals surface area contributed by atoms with Gasteiger partial charge in [0, 0.05) is 50.3 Å². The Hall–Kier alpha value is -1.60. The first-order chi connectivity index (χ1) is 14.2. The lowest BCUT2D eigenvalue weighted by Gasteiger charge is -2.43. The molecule has 0 spiro atoms. The molecule has 0 aromatic heterocycles. The van der Waals surface area contributed by atoms with E-state index in [1.165, 1.54) is 55.8 Å². The molecule has 1 aromatic carbocycles. The Morgan fingerprint density at radius 3 is 2.48 bits per heavy atom. The number of hydrogen-bond donors (Lipinski definition) is 2. The first kappa shape index (κ1) is 22.1. The van der Waals surface area contributed by atoms with Crippen LogP contribution in [0.15, 0.2) is 23.2 Å². The van der Waals surface area contributed by atoms with Gasteiger partial charge in [0.05, 0.1) is 14.2 Å². The third-order valence-corrected chi connectivity index (χ3v) is 7.12. The molecule has 1 aliphatic heterocycles. The van der Waals surface area contributed by atoms with Gasteiger partial charge < -0.3 is 20.1 Å². The number of hydrogen-bond acceptors (Lipinski definition) is 5. The second kappa shape index (κ2) is 11.0. The highest BCUT2D eigenvalue weighted by Crippen LogP contribution is 2.36. The Morgan fingerprint density at radius 1 is 1.10 bits per heavy atom. The van der Waals surface area contributed by atoms with E-state index < -0.39 is 0 Å². The summed E-state index contributed by atoms with van der Waals surface area (Å²) in [7, 11) is 5.19. The molecule has 0 unspecified atom stereocenters. The van der Waals surface area contributed by atoms with E-state index in [9.17, 15) is 0 Å². The number of thioether (sulfide) groups is 1. The molecule has 1 saturated heterocycles. The summed E-state index contributed by atoms with van der Waals surface area (Å²) in [6.45, 7) is 4.24. The van der Waals surface area contributed by atoms with Crippen LogP contribution in [0.4, 0.5) is 0 Å². The standard InChI is InChI=1S/C22H36N4O2S/c1-23-21(24-11-8-18-6-7-19(27-2)20(16-18)28-3)25-17-22(9-4-5-10-22)26-12-14-29-15-13-26/h6-7,16H,4-5,8-15,17H2,1-3H3,(H2,23,24,25). The Morgan fingerprint density at radius 2 is 1.83 bits per heavy atom. The van der Waals surface area contributed by atoms with Gasteiger partial charge in [-0.2, -0.15) is 11.8 Å². The maximum atomic E-state index is 5.40. The Labute approximate surface area is 179 Å². The molecule has 2 N–H and O–H groups in total. The summed E-state index contributed by atoms with van der Waals surface area (Å²) in [4.78, 5) is 7.18. The lowest BCUT2D eigenvalue weighted by molar-refractivity contribution is 0.107. The van der Waals surface area contributed by atoms with E-state index in [4.69, 9.17) is 9.47 Å². The van der Waals surface area contributed by atoms with Crippen molar-refractivity contribution in [3.05, 3.63) is 23.8 Å². The van der Waals surface area contributed by atoms with Crippen LogP contribution in [0.1, 0.15) is 31.2 Å². The second-order valence-electron chi connectivity index (χ2n) is 7.82. The van der Waals surface area contributed by atoms with Gasteiger partial charge in [0.15, 0.2) is 17.5 Å². The van der Waals surface area contributed by atoms with Crippen LogP contribution < -0.4 is 20.1 Å². The van der Waals surface area contributed by atoms with Crippen LogP contribution in [-0.4, -0.2) is 75.4 Å². The topological polar surface area (TPSA) is 58.1 Å². The lowest BCUT2D eigenvalue weighted by atomic mass is 9.94. The van der Waals surface area contributed by atoms with Crippen molar-refractivity contribution < 1.29 is 9.47 Å². The van der Waals surface area contributed by atoms with Crippen LogP contribution in [0.3, 0.4) is 0 Å². The molecule has 3 rings (SSSR count). The predicted molar refractivity (Wildman–Crippen MR) is 123 cm³/mol. The highest BCUT2D eigenvalue weighted by Gasteiger charge is 2.39. The van der Waals surface area contributed by atoms with Gasteiger partial charge in [0.2, 0.25) is 0 Å². The minimum atomic E-state index is 0.307. The van der Waals surface area contributed by atoms with Crippen molar-refractivity contribution in [2.24, 2.45) is 4.99 Å². The summed E-state index contributed by atoms with van der Waals surface area (Å²) in [5.41, 5.74) is 1.52. The summed E-state index contributed by atoms with van der Waals surface area (Å²) in [6, 6.07) is 6.09. The van der Waals surface area contributed by atoms with E-state index in [0.717, 1.165) is 37.0 Å². The molecule has 162 valence electrons. The number of benzene rings is 1. The fourth-order valence-electron chi connectivity index (χ4n) is 4.51. The maximum absolute atomic E-state index is 5.40. The van der Waals surface area contributed by atoms with Crippen molar-refractivity contribution in [2.75, 3.05) is 59.0 Å². The third-order valence-electron chi connectivity index (χ3n) is 6.18. The summed E-state index contributed by atoms with van der Waals surface area (Å²) in [6.07, 6.45) is 6.18. The van der Waals surface area contributed by atoms with E-state index in [-0.39, 0.29) is 0 Å². The average molecular weight is 421 g/mol. The van der Waals surface area contributed by atoms with Crippen LogP contribution in [0, 0.1) is 0 Å². The monoisotopic (exact) mass is 420 g/mol. The van der Waals surface area contributed by atoms with Crippen molar-refractivity contribution in [1.82, 2.24) is 15.5 Å². The predicted octanol–water partition coefficient (Wildman–Crippen LogP) is 2.77. The molecular weight excluding hydrogens is 384 g/mol. The van der Waals surface area contributed by atoms with E-state index in [0.29, 0.717) is 5.54 Å². The van der Waals surface area contributed by atoms with E-state index in [1.54, 1.807) is 14.2 Å². The van der Waals surface area contributed by atoms with E-state index in [1.807, 2.05) is 19.2 Å². The molecule has 0 atom stereocenters. The van der Waals surface area contributed by atoms with Crippen LogP contribution in [0.2, 0.25) is 0 Å². The number of aliphatic imine (C=N–C) groups is 1. The summed E-state index contributed by atoms with van der Waals surface area (Å²) >= 11 is 2.08. The van der Waals surface area contributed by atoms with Crippen LogP contribution >= 0.6 is 11.8 Å². The molecule has 0 radical (unpaired) electrons. The molecule has 1 saturated carbocycles. The van der Waals surface area contributed by atoms with Gasteiger partial charge in [-0.25, -0.2) is 0 Å². The SMILES string of the molecule is CN=C(NCCc1ccc(OC)c(OC)c1)NCC1(N2CCSCC2)CCCC1. The fourth-order valence-corrected chi connectivity index (χ4v) is 5.41. The molecule has 0 bridgehead atoms. The van der Waals surface area contributed by atoms with Crippen molar-refractivity contribution >= 4 is 17.7 Å². The van der Waals surface area contributed by atoms with Crippen LogP contribution in [-0.2, 0) is 6.42 Å². The second-order valence-corrected chi connectivity index (χ2v) is 9.05. The van der Waals surface area contributed by atoms with Gasteiger partial charge in [-0.05, 0) is 37.0 Å². The normalized spacial score (nSPS) is 19.8. The molecular formula is C22H36N4O2S. The molecule has 29 heavy (non-hydrogen) atoms. The summed E-state index contributed by atoms with van der Waals surface area (Å²) < 4.78 is 10.7. The molecule has 2 aliphatic rings. The van der Waals surface area contributed by atoms with Gasteiger partial charge in [0.1, 0.15) is 0 Å². The number of nitrogens with zero attached hydrogens (tertiary/aromatic N) is 2. The average Bonchev–Trinajstić information content (AvgIpc) is 3.26. The first-order valence-electron chi connectivity index (χ1n) is 10.7. The highest BCUT2D eigenvalue weighted by atomic mass is 32.2. The van der Waals surface area contributed by atoms with Gasteiger partial charge in [0.25, 0.3) is 0 Å². The number of guanidine groups is 1. The number of ether oxygens (including phenoxy) is 2. The molecule has 2 fully saturated rings. The number of rotatable bonds is 8. The van der Waals surface area contributed by atoms with Crippen molar-refractivity contribution in [2.45, 2.75) is 37.6 Å². The molecule has 7 heteroatoms.